The van der Waals surface area contributed by atoms with Crippen molar-refractivity contribution in [1.82, 2.24) is 5.43 Å². The third kappa shape index (κ3) is 3.98. The SMILES string of the molecule is COc1cc(S(C)=O)c(OC)cc1C=CC1=NNC(=O)CC1C. The summed E-state index contributed by atoms with van der Waals surface area (Å²) in [5.41, 5.74) is 4.04. The molecule has 7 heteroatoms. The molecule has 1 aromatic rings. The van der Waals surface area contributed by atoms with Gasteiger partial charge in [0.25, 0.3) is 0 Å². The normalized spacial score (nSPS) is 19.2. The predicted octanol–water partition coefficient (Wildman–Crippen LogP) is 1.97. The molecule has 6 nitrogen and oxygen atoms in total. The molecule has 124 valence electrons. The van der Waals surface area contributed by atoms with Gasteiger partial charge in [0.2, 0.25) is 5.91 Å². The van der Waals surface area contributed by atoms with Gasteiger partial charge in [0.05, 0.1) is 35.6 Å². The van der Waals surface area contributed by atoms with Crippen LogP contribution in [-0.2, 0) is 15.6 Å². The number of carbonyl (C=O) groups is 1. The van der Waals surface area contributed by atoms with Crippen LogP contribution in [0.2, 0.25) is 0 Å². The zero-order valence-corrected chi connectivity index (χ0v) is 14.4. The fourth-order valence-electron chi connectivity index (χ4n) is 2.29. The molecule has 0 radical (unpaired) electrons. The van der Waals surface area contributed by atoms with E-state index in [4.69, 9.17) is 9.47 Å². The fraction of sp³-hybridized carbons (Fsp3) is 0.375. The minimum Gasteiger partial charge on any atom is -0.496 e. The molecule has 0 aromatic heterocycles. The topological polar surface area (TPSA) is 77.0 Å². The Morgan fingerprint density at radius 3 is 2.52 bits per heavy atom. The lowest BCUT2D eigenvalue weighted by molar-refractivity contribution is -0.121. The second-order valence-electron chi connectivity index (χ2n) is 5.21. The van der Waals surface area contributed by atoms with Crippen LogP contribution in [0.15, 0.2) is 28.2 Å². The van der Waals surface area contributed by atoms with Crippen LogP contribution in [-0.4, -0.2) is 36.3 Å². The highest BCUT2D eigenvalue weighted by Crippen LogP contribution is 2.31. The fourth-order valence-corrected chi connectivity index (χ4v) is 2.99. The zero-order valence-electron chi connectivity index (χ0n) is 13.6. The Morgan fingerprint density at radius 1 is 1.26 bits per heavy atom. The van der Waals surface area contributed by atoms with Crippen LogP contribution < -0.4 is 14.9 Å². The van der Waals surface area contributed by atoms with Gasteiger partial charge in [-0.15, -0.1) is 0 Å². The summed E-state index contributed by atoms with van der Waals surface area (Å²) in [7, 11) is 1.92. The molecule has 0 aliphatic carbocycles. The van der Waals surface area contributed by atoms with E-state index in [0.29, 0.717) is 22.8 Å². The van der Waals surface area contributed by atoms with Crippen LogP contribution >= 0.6 is 0 Å². The summed E-state index contributed by atoms with van der Waals surface area (Å²) < 4.78 is 22.5. The molecule has 0 fully saturated rings. The lowest BCUT2D eigenvalue weighted by Crippen LogP contribution is -2.30. The first-order valence-electron chi connectivity index (χ1n) is 7.10. The van der Waals surface area contributed by atoms with E-state index in [2.05, 4.69) is 10.5 Å². The van der Waals surface area contributed by atoms with Gasteiger partial charge >= 0.3 is 0 Å². The van der Waals surface area contributed by atoms with Gasteiger partial charge < -0.3 is 9.47 Å². The molecule has 2 rings (SSSR count). The summed E-state index contributed by atoms with van der Waals surface area (Å²) in [5, 5.41) is 4.06. The van der Waals surface area contributed by atoms with Gasteiger partial charge in [-0.1, -0.05) is 6.92 Å². The maximum Gasteiger partial charge on any atom is 0.240 e. The highest BCUT2D eigenvalue weighted by atomic mass is 32.2. The Labute approximate surface area is 138 Å². The Kier molecular flexibility index (Phi) is 5.54. The number of methoxy groups -OCH3 is 2. The van der Waals surface area contributed by atoms with Crippen LogP contribution in [0, 0.1) is 5.92 Å². The van der Waals surface area contributed by atoms with Crippen LogP contribution in [0.5, 0.6) is 11.5 Å². The largest absolute Gasteiger partial charge is 0.496 e. The van der Waals surface area contributed by atoms with E-state index in [-0.39, 0.29) is 11.8 Å². The van der Waals surface area contributed by atoms with E-state index >= 15 is 0 Å². The first-order valence-corrected chi connectivity index (χ1v) is 8.66. The summed E-state index contributed by atoms with van der Waals surface area (Å²) in [6.07, 6.45) is 5.69. The number of carbonyl (C=O) groups excluding carboxylic acids is 1. The lowest BCUT2D eigenvalue weighted by atomic mass is 9.99. The quantitative estimate of drug-likeness (QED) is 0.892. The second kappa shape index (κ2) is 7.41. The first kappa shape index (κ1) is 17.2. The Hall–Kier alpha value is -2.15. The van der Waals surface area contributed by atoms with Gasteiger partial charge in [0.1, 0.15) is 11.5 Å². The molecule has 1 aromatic carbocycles. The standard InChI is InChI=1S/C16H20N2O4S/c1-10-7-16(19)18-17-12(10)6-5-11-8-14(22-3)15(23(4)20)9-13(11)21-2/h5-6,8-10H,7H2,1-4H3,(H,18,19). The predicted molar refractivity (Wildman–Crippen MR) is 90.3 cm³/mol. The van der Waals surface area contributed by atoms with Crippen LogP contribution in [0.1, 0.15) is 18.9 Å². The number of allylic oxidation sites excluding steroid dienone is 1. The molecule has 0 bridgehead atoms. The number of hydrazone groups is 1. The van der Waals surface area contributed by atoms with Crippen molar-refractivity contribution in [3.63, 3.8) is 0 Å². The van der Waals surface area contributed by atoms with Gasteiger partial charge in [-0.2, -0.15) is 5.10 Å². The van der Waals surface area contributed by atoms with Crippen LogP contribution in [0.25, 0.3) is 6.08 Å². The zero-order chi connectivity index (χ0) is 17.0. The average Bonchev–Trinajstić information content (AvgIpc) is 2.53. The minimum absolute atomic E-state index is 0.0512. The van der Waals surface area contributed by atoms with Crippen molar-refractivity contribution in [2.75, 3.05) is 20.5 Å². The molecule has 1 aliphatic heterocycles. The van der Waals surface area contributed by atoms with Gasteiger partial charge in [-0.05, 0) is 18.2 Å². The van der Waals surface area contributed by atoms with E-state index in [1.165, 1.54) is 7.11 Å². The minimum atomic E-state index is -1.18. The molecule has 0 spiro atoms. The highest BCUT2D eigenvalue weighted by molar-refractivity contribution is 7.84. The van der Waals surface area contributed by atoms with Gasteiger partial charge in [-0.3, -0.25) is 9.00 Å². The van der Waals surface area contributed by atoms with Gasteiger partial charge in [0, 0.05) is 30.2 Å². The molecule has 0 saturated carbocycles. The van der Waals surface area contributed by atoms with Gasteiger partial charge in [0.15, 0.2) is 0 Å². The van der Waals surface area contributed by atoms with E-state index in [1.54, 1.807) is 25.5 Å². The summed E-state index contributed by atoms with van der Waals surface area (Å²) >= 11 is 0. The third-order valence-electron chi connectivity index (χ3n) is 3.57. The summed E-state index contributed by atoms with van der Waals surface area (Å²) in [4.78, 5) is 11.9. The van der Waals surface area contributed by atoms with Crippen molar-refractivity contribution in [1.29, 1.82) is 0 Å². The number of nitrogens with zero attached hydrogens (tertiary/aromatic N) is 1. The molecular weight excluding hydrogens is 316 g/mol. The molecule has 23 heavy (non-hydrogen) atoms. The molecule has 1 heterocycles. The van der Waals surface area contributed by atoms with E-state index < -0.39 is 10.8 Å². The Morgan fingerprint density at radius 2 is 1.96 bits per heavy atom. The number of hydrogen-bond acceptors (Lipinski definition) is 5. The van der Waals surface area contributed by atoms with Crippen LogP contribution in [0.3, 0.4) is 0 Å². The van der Waals surface area contributed by atoms with Crippen molar-refractivity contribution < 1.29 is 18.5 Å². The highest BCUT2D eigenvalue weighted by Gasteiger charge is 2.18. The molecule has 2 unspecified atom stereocenters. The lowest BCUT2D eigenvalue weighted by Gasteiger charge is -2.16. The number of ether oxygens (including phenoxy) is 2. The maximum absolute atomic E-state index is 11.8. The summed E-state index contributed by atoms with van der Waals surface area (Å²) in [5.74, 6) is 1.11. The van der Waals surface area contributed by atoms with Crippen molar-refractivity contribution in [3.8, 4) is 11.5 Å². The van der Waals surface area contributed by atoms with Gasteiger partial charge in [-0.25, -0.2) is 5.43 Å². The Balaban J connectivity index is 2.37. The molecule has 1 N–H and O–H groups in total. The second-order valence-corrected chi connectivity index (χ2v) is 6.56. The number of benzene rings is 1. The summed E-state index contributed by atoms with van der Waals surface area (Å²) in [6, 6.07) is 3.49. The monoisotopic (exact) mass is 336 g/mol. The van der Waals surface area contributed by atoms with E-state index in [9.17, 15) is 9.00 Å². The Bertz CT molecular complexity index is 698. The smallest absolute Gasteiger partial charge is 0.240 e. The molecule has 1 amide bonds. The average molecular weight is 336 g/mol. The van der Waals surface area contributed by atoms with Crippen molar-refractivity contribution in [2.45, 2.75) is 18.2 Å². The molecule has 1 aliphatic rings. The number of amides is 1. The van der Waals surface area contributed by atoms with Crippen molar-refractivity contribution in [2.24, 2.45) is 11.0 Å². The number of hydrogen-bond donors (Lipinski definition) is 1. The molecule has 2 atom stereocenters. The van der Waals surface area contributed by atoms with Crippen molar-refractivity contribution >= 4 is 28.5 Å². The van der Waals surface area contributed by atoms with E-state index in [1.807, 2.05) is 19.1 Å². The van der Waals surface area contributed by atoms with Crippen LogP contribution in [0.4, 0.5) is 0 Å². The number of rotatable bonds is 5. The third-order valence-corrected chi connectivity index (χ3v) is 4.50. The maximum atomic E-state index is 11.8. The molecular formula is C16H20N2O4S. The summed E-state index contributed by atoms with van der Waals surface area (Å²) in [6.45, 7) is 1.95. The van der Waals surface area contributed by atoms with E-state index in [0.717, 1.165) is 11.3 Å². The molecule has 0 saturated heterocycles. The number of nitrogens with one attached hydrogen (secondary N) is 1. The van der Waals surface area contributed by atoms with Crippen molar-refractivity contribution in [3.05, 3.63) is 23.8 Å². The first-order chi connectivity index (χ1) is 11.0.